The van der Waals surface area contributed by atoms with Crippen molar-refractivity contribution in [3.63, 3.8) is 0 Å². The number of rotatable bonds is 8. The average Bonchev–Trinajstić information content (AvgIpc) is 3.42. The quantitative estimate of drug-likeness (QED) is 0.247. The number of aryl methyl sites for hydroxylation is 1. The molecule has 5 nitrogen and oxygen atoms in total. The molecular formula is C29H30F3NO4S. The van der Waals surface area contributed by atoms with E-state index in [1.165, 1.54) is 30.5 Å². The highest BCUT2D eigenvalue weighted by molar-refractivity contribution is 7.88. The second-order valence-electron chi connectivity index (χ2n) is 9.84. The standard InChI is InChI=1S/C29H30F3NO4S/c30-29(31,32)38(34,35)37-25-13-15-27-23(20-25)10-14-26(21-6-2-1-3-7-21)28(27)22-8-11-24(12-9-22)36-19-18-33-16-4-5-17-33/h1-3,6-9,11-13,15,20,26,28H,4-5,10,14,16-19H2/t26-,28+/m1/s1. The van der Waals surface area contributed by atoms with Crippen molar-refractivity contribution in [1.82, 2.24) is 4.90 Å². The summed E-state index contributed by atoms with van der Waals surface area (Å²) in [6, 6.07) is 22.6. The van der Waals surface area contributed by atoms with E-state index in [2.05, 4.69) is 21.2 Å². The number of halogens is 3. The summed E-state index contributed by atoms with van der Waals surface area (Å²) in [5.74, 6) is 0.547. The fraction of sp³-hybridized carbons (Fsp3) is 0.379. The number of fused-ring (bicyclic) bond motifs is 1. The van der Waals surface area contributed by atoms with Crippen LogP contribution in [0, 0.1) is 0 Å². The molecule has 0 radical (unpaired) electrons. The lowest BCUT2D eigenvalue weighted by Gasteiger charge is -2.35. The maximum absolute atomic E-state index is 12.8. The second kappa shape index (κ2) is 11.0. The first kappa shape index (κ1) is 26.6. The molecule has 0 unspecified atom stereocenters. The first-order valence-electron chi connectivity index (χ1n) is 12.8. The van der Waals surface area contributed by atoms with E-state index in [9.17, 15) is 21.6 Å². The fourth-order valence-corrected chi connectivity index (χ4v) is 6.02. The van der Waals surface area contributed by atoms with Crippen LogP contribution in [0.4, 0.5) is 13.2 Å². The van der Waals surface area contributed by atoms with Crippen molar-refractivity contribution in [1.29, 1.82) is 0 Å². The van der Waals surface area contributed by atoms with Crippen LogP contribution in [0.15, 0.2) is 72.8 Å². The van der Waals surface area contributed by atoms with Crippen molar-refractivity contribution >= 4 is 10.1 Å². The predicted molar refractivity (Wildman–Crippen MR) is 139 cm³/mol. The zero-order valence-corrected chi connectivity index (χ0v) is 21.7. The Hall–Kier alpha value is -3.04. The Morgan fingerprint density at radius 1 is 0.868 bits per heavy atom. The molecule has 0 spiro atoms. The van der Waals surface area contributed by atoms with Gasteiger partial charge in [-0.3, -0.25) is 4.90 Å². The molecule has 1 fully saturated rings. The molecule has 3 aromatic rings. The number of hydrogen-bond donors (Lipinski definition) is 0. The number of likely N-dealkylation sites (tertiary alicyclic amines) is 1. The monoisotopic (exact) mass is 545 g/mol. The minimum Gasteiger partial charge on any atom is -0.492 e. The molecule has 1 aliphatic heterocycles. The Balaban J connectivity index is 1.41. The molecule has 3 aromatic carbocycles. The molecule has 202 valence electrons. The number of ether oxygens (including phenoxy) is 1. The van der Waals surface area contributed by atoms with Crippen LogP contribution in [0.3, 0.4) is 0 Å². The van der Waals surface area contributed by atoms with E-state index in [1.807, 2.05) is 42.5 Å². The minimum absolute atomic E-state index is 0.0620. The van der Waals surface area contributed by atoms with Crippen molar-refractivity contribution in [3.8, 4) is 11.5 Å². The van der Waals surface area contributed by atoms with Crippen molar-refractivity contribution in [3.05, 3.63) is 95.1 Å². The van der Waals surface area contributed by atoms with Crippen LogP contribution in [0.1, 0.15) is 53.4 Å². The van der Waals surface area contributed by atoms with E-state index < -0.39 is 15.6 Å². The van der Waals surface area contributed by atoms with Crippen LogP contribution in [0.25, 0.3) is 0 Å². The summed E-state index contributed by atoms with van der Waals surface area (Å²) < 4.78 is 72.0. The van der Waals surface area contributed by atoms with Gasteiger partial charge in [0.15, 0.2) is 0 Å². The summed E-state index contributed by atoms with van der Waals surface area (Å²) in [5.41, 5.74) is -1.52. The summed E-state index contributed by atoms with van der Waals surface area (Å²) in [5, 5.41) is 0. The van der Waals surface area contributed by atoms with E-state index in [-0.39, 0.29) is 17.6 Å². The maximum atomic E-state index is 12.8. The van der Waals surface area contributed by atoms with Gasteiger partial charge in [-0.2, -0.15) is 21.6 Å². The Labute approximate surface area is 221 Å². The highest BCUT2D eigenvalue weighted by atomic mass is 32.2. The molecule has 0 saturated carbocycles. The first-order chi connectivity index (χ1) is 18.2. The van der Waals surface area contributed by atoms with Crippen LogP contribution in [0.2, 0.25) is 0 Å². The molecule has 9 heteroatoms. The van der Waals surface area contributed by atoms with Crippen LogP contribution in [-0.2, 0) is 16.5 Å². The van der Waals surface area contributed by atoms with Crippen molar-refractivity contribution < 1.29 is 30.5 Å². The zero-order chi connectivity index (χ0) is 26.8. The van der Waals surface area contributed by atoms with Crippen LogP contribution >= 0.6 is 0 Å². The molecule has 38 heavy (non-hydrogen) atoms. The number of benzene rings is 3. The van der Waals surface area contributed by atoms with E-state index in [0.29, 0.717) is 13.0 Å². The van der Waals surface area contributed by atoms with Gasteiger partial charge in [-0.05, 0) is 91.2 Å². The molecule has 0 bridgehead atoms. The molecule has 1 saturated heterocycles. The molecule has 0 amide bonds. The average molecular weight is 546 g/mol. The van der Waals surface area contributed by atoms with Crippen LogP contribution in [0.5, 0.6) is 11.5 Å². The zero-order valence-electron chi connectivity index (χ0n) is 20.9. The van der Waals surface area contributed by atoms with Gasteiger partial charge in [-0.15, -0.1) is 0 Å². The van der Waals surface area contributed by atoms with Gasteiger partial charge in [0.1, 0.15) is 18.1 Å². The lowest BCUT2D eigenvalue weighted by molar-refractivity contribution is -0.0500. The highest BCUT2D eigenvalue weighted by Gasteiger charge is 2.48. The van der Waals surface area contributed by atoms with E-state index in [0.717, 1.165) is 48.5 Å². The summed E-state index contributed by atoms with van der Waals surface area (Å²) >= 11 is 0. The normalized spacial score (nSPS) is 20.2. The van der Waals surface area contributed by atoms with Gasteiger partial charge in [-0.25, -0.2) is 0 Å². The second-order valence-corrected chi connectivity index (χ2v) is 11.4. The SMILES string of the molecule is O=S(=O)(Oc1ccc2c(c1)CC[C@H](c1ccccc1)[C@@H]2c1ccc(OCCN2CCCC2)cc1)C(F)(F)F. The lowest BCUT2D eigenvalue weighted by Crippen LogP contribution is -2.28. The molecule has 0 aromatic heterocycles. The molecule has 1 heterocycles. The Kier molecular flexibility index (Phi) is 7.68. The molecule has 1 aliphatic carbocycles. The Morgan fingerprint density at radius 2 is 1.55 bits per heavy atom. The molecule has 2 aliphatic rings. The maximum Gasteiger partial charge on any atom is 0.534 e. The van der Waals surface area contributed by atoms with Crippen molar-refractivity contribution in [2.45, 2.75) is 43.0 Å². The van der Waals surface area contributed by atoms with E-state index in [1.54, 1.807) is 6.07 Å². The first-order valence-corrected chi connectivity index (χ1v) is 14.3. The summed E-state index contributed by atoms with van der Waals surface area (Å²) in [4.78, 5) is 2.40. The Bertz CT molecular complexity index is 1340. The van der Waals surface area contributed by atoms with Gasteiger partial charge < -0.3 is 8.92 Å². The summed E-state index contributed by atoms with van der Waals surface area (Å²) in [6.07, 6.45) is 3.83. The predicted octanol–water partition coefficient (Wildman–Crippen LogP) is 6.25. The smallest absolute Gasteiger partial charge is 0.492 e. The minimum atomic E-state index is -5.73. The van der Waals surface area contributed by atoms with E-state index >= 15 is 0 Å². The van der Waals surface area contributed by atoms with Gasteiger partial charge in [0.05, 0.1) is 0 Å². The summed E-state index contributed by atoms with van der Waals surface area (Å²) in [7, 11) is -5.73. The highest BCUT2D eigenvalue weighted by Crippen LogP contribution is 2.47. The van der Waals surface area contributed by atoms with Gasteiger partial charge in [0.25, 0.3) is 0 Å². The molecular weight excluding hydrogens is 515 g/mol. The van der Waals surface area contributed by atoms with E-state index in [4.69, 9.17) is 4.74 Å². The lowest BCUT2D eigenvalue weighted by atomic mass is 9.69. The Morgan fingerprint density at radius 3 is 2.24 bits per heavy atom. The molecule has 0 N–H and O–H groups in total. The van der Waals surface area contributed by atoms with Gasteiger partial charge in [0.2, 0.25) is 0 Å². The number of hydrogen-bond acceptors (Lipinski definition) is 5. The van der Waals surface area contributed by atoms with Crippen LogP contribution < -0.4 is 8.92 Å². The van der Waals surface area contributed by atoms with Gasteiger partial charge in [-0.1, -0.05) is 48.5 Å². The van der Waals surface area contributed by atoms with Gasteiger partial charge in [0, 0.05) is 12.5 Å². The third kappa shape index (κ3) is 5.83. The number of nitrogens with zero attached hydrogens (tertiary/aromatic N) is 1. The topological polar surface area (TPSA) is 55.8 Å². The third-order valence-electron chi connectivity index (χ3n) is 7.41. The fourth-order valence-electron chi connectivity index (χ4n) is 5.56. The van der Waals surface area contributed by atoms with Crippen LogP contribution in [-0.4, -0.2) is 45.1 Å². The van der Waals surface area contributed by atoms with Crippen molar-refractivity contribution in [2.24, 2.45) is 0 Å². The molecule has 5 rings (SSSR count). The summed E-state index contributed by atoms with van der Waals surface area (Å²) in [6.45, 7) is 3.78. The number of alkyl halides is 3. The third-order valence-corrected chi connectivity index (χ3v) is 8.39. The van der Waals surface area contributed by atoms with Crippen molar-refractivity contribution in [2.75, 3.05) is 26.2 Å². The van der Waals surface area contributed by atoms with Gasteiger partial charge >= 0.3 is 15.6 Å². The largest absolute Gasteiger partial charge is 0.534 e. The molecule has 2 atom stereocenters.